The topological polar surface area (TPSA) is 51.1 Å². The zero-order valence-electron chi connectivity index (χ0n) is 21.0. The molecule has 1 heterocycles. The number of nitrogens with zero attached hydrogens (tertiary/aromatic N) is 2. The van der Waals surface area contributed by atoms with Gasteiger partial charge in [0.05, 0.1) is 12.0 Å². The van der Waals surface area contributed by atoms with Crippen molar-refractivity contribution in [3.63, 3.8) is 0 Å². The van der Waals surface area contributed by atoms with E-state index in [-0.39, 0.29) is 16.8 Å². The molecule has 1 atom stereocenters. The molecule has 2 aromatic carbocycles. The van der Waals surface area contributed by atoms with Crippen LogP contribution in [0.25, 0.3) is 0 Å². The molecule has 1 aliphatic heterocycles. The Hall–Kier alpha value is -2.50. The van der Waals surface area contributed by atoms with E-state index in [4.69, 9.17) is 14.5 Å². The Morgan fingerprint density at radius 1 is 1.00 bits per heavy atom. The smallest absolute Gasteiger partial charge is 0.313 e. The number of piperidine rings is 1. The van der Waals surface area contributed by atoms with Gasteiger partial charge < -0.3 is 14.4 Å². The fourth-order valence-corrected chi connectivity index (χ4v) is 5.76. The summed E-state index contributed by atoms with van der Waals surface area (Å²) in [7, 11) is 1.80. The first-order valence-corrected chi connectivity index (χ1v) is 13.1. The van der Waals surface area contributed by atoms with Gasteiger partial charge in [-0.15, -0.1) is 0 Å². The maximum absolute atomic E-state index is 13.1. The molecule has 0 spiro atoms. The zero-order valence-corrected chi connectivity index (χ0v) is 21.0. The molecule has 2 saturated carbocycles. The van der Waals surface area contributed by atoms with Gasteiger partial charge in [0.2, 0.25) is 0 Å². The van der Waals surface area contributed by atoms with Crippen LogP contribution < -0.4 is 0 Å². The van der Waals surface area contributed by atoms with E-state index in [9.17, 15) is 4.79 Å². The summed E-state index contributed by atoms with van der Waals surface area (Å²) in [4.78, 5) is 20.6. The number of carbonyl (C=O) groups is 1. The van der Waals surface area contributed by atoms with Crippen molar-refractivity contribution in [2.45, 2.75) is 51.0 Å². The molecule has 2 aromatic rings. The molecule has 0 amide bonds. The van der Waals surface area contributed by atoms with Crippen molar-refractivity contribution < 1.29 is 14.3 Å². The highest BCUT2D eigenvalue weighted by molar-refractivity contribution is 6.05. The number of hydrogen-bond donors (Lipinski definition) is 0. The van der Waals surface area contributed by atoms with Crippen LogP contribution in [0.5, 0.6) is 0 Å². The van der Waals surface area contributed by atoms with Crippen molar-refractivity contribution in [2.75, 3.05) is 39.9 Å². The lowest BCUT2D eigenvalue weighted by atomic mass is 9.68. The average molecular weight is 475 g/mol. The largest absolute Gasteiger partial charge is 0.460 e. The van der Waals surface area contributed by atoms with E-state index in [1.54, 1.807) is 7.11 Å². The van der Waals surface area contributed by atoms with Crippen molar-refractivity contribution >= 4 is 11.7 Å². The van der Waals surface area contributed by atoms with Gasteiger partial charge >= 0.3 is 5.97 Å². The lowest BCUT2D eigenvalue weighted by molar-refractivity contribution is -0.165. The van der Waals surface area contributed by atoms with Crippen LogP contribution in [0.3, 0.4) is 0 Å². The molecule has 2 aliphatic carbocycles. The van der Waals surface area contributed by atoms with Gasteiger partial charge in [0.25, 0.3) is 0 Å². The van der Waals surface area contributed by atoms with Crippen molar-refractivity contribution in [3.05, 3.63) is 71.8 Å². The van der Waals surface area contributed by atoms with E-state index in [0.717, 1.165) is 76.9 Å². The molecular weight excluding hydrogens is 436 g/mol. The number of benzene rings is 2. The predicted octanol–water partition coefficient (Wildman–Crippen LogP) is 5.26. The van der Waals surface area contributed by atoms with Gasteiger partial charge in [-0.2, -0.15) is 0 Å². The van der Waals surface area contributed by atoms with Crippen LogP contribution in [0.1, 0.15) is 55.6 Å². The summed E-state index contributed by atoms with van der Waals surface area (Å²) in [5, 5.41) is 0. The summed E-state index contributed by atoms with van der Waals surface area (Å²) in [6.07, 6.45) is 6.20. The van der Waals surface area contributed by atoms with E-state index in [0.29, 0.717) is 12.5 Å². The Labute approximate surface area is 209 Å². The third-order valence-corrected chi connectivity index (χ3v) is 8.32. The number of methoxy groups -OCH3 is 1. The molecule has 0 N–H and O–H groups in total. The number of rotatable bonds is 10. The minimum Gasteiger partial charge on any atom is -0.460 e. The molecule has 3 fully saturated rings. The summed E-state index contributed by atoms with van der Waals surface area (Å²) in [5.74, 6) is 0.490. The van der Waals surface area contributed by atoms with Gasteiger partial charge in [-0.1, -0.05) is 67.1 Å². The molecule has 0 bridgehead atoms. The molecule has 186 valence electrons. The number of aliphatic imine (C=N–C) groups is 1. The lowest BCUT2D eigenvalue weighted by Crippen LogP contribution is -2.52. The Morgan fingerprint density at radius 3 is 2.31 bits per heavy atom. The van der Waals surface area contributed by atoms with Crippen LogP contribution in [-0.4, -0.2) is 56.5 Å². The summed E-state index contributed by atoms with van der Waals surface area (Å²) >= 11 is 0. The lowest BCUT2D eigenvalue weighted by Gasteiger charge is -2.46. The van der Waals surface area contributed by atoms with Gasteiger partial charge in [0.1, 0.15) is 6.61 Å². The monoisotopic (exact) mass is 474 g/mol. The fraction of sp³-hybridized carbons (Fsp3) is 0.533. The van der Waals surface area contributed by atoms with Crippen molar-refractivity contribution in [1.29, 1.82) is 0 Å². The molecular formula is C30H38N2O3. The summed E-state index contributed by atoms with van der Waals surface area (Å²) < 4.78 is 11.4. The quantitative estimate of drug-likeness (QED) is 0.441. The summed E-state index contributed by atoms with van der Waals surface area (Å²) in [6.45, 7) is 4.75. The van der Waals surface area contributed by atoms with Crippen molar-refractivity contribution in [2.24, 2.45) is 15.8 Å². The zero-order chi connectivity index (χ0) is 24.1. The van der Waals surface area contributed by atoms with Crippen LogP contribution in [0.2, 0.25) is 0 Å². The predicted molar refractivity (Wildman–Crippen MR) is 139 cm³/mol. The van der Waals surface area contributed by atoms with E-state index in [1.807, 2.05) is 30.3 Å². The maximum Gasteiger partial charge on any atom is 0.313 e. The molecule has 35 heavy (non-hydrogen) atoms. The first kappa shape index (κ1) is 24.2. The highest BCUT2D eigenvalue weighted by atomic mass is 16.5. The van der Waals surface area contributed by atoms with E-state index in [1.165, 1.54) is 11.3 Å². The molecule has 5 rings (SSSR count). The Morgan fingerprint density at radius 2 is 1.69 bits per heavy atom. The van der Waals surface area contributed by atoms with Gasteiger partial charge in [-0.05, 0) is 56.3 Å². The third kappa shape index (κ3) is 5.68. The first-order valence-electron chi connectivity index (χ1n) is 13.1. The van der Waals surface area contributed by atoms with Crippen LogP contribution in [0, 0.1) is 10.8 Å². The van der Waals surface area contributed by atoms with E-state index in [2.05, 4.69) is 35.2 Å². The second-order valence-corrected chi connectivity index (χ2v) is 10.9. The number of esters is 1. The normalized spacial score (nSPS) is 24.0. The minimum atomic E-state index is -0.326. The molecule has 0 aromatic heterocycles. The summed E-state index contributed by atoms with van der Waals surface area (Å²) in [5.41, 5.74) is 3.54. The second kappa shape index (κ2) is 10.6. The highest BCUT2D eigenvalue weighted by Crippen LogP contribution is 2.45. The summed E-state index contributed by atoms with van der Waals surface area (Å²) in [6, 6.07) is 20.7. The molecule has 0 radical (unpaired) electrons. The van der Waals surface area contributed by atoms with Crippen LogP contribution >= 0.6 is 0 Å². The number of hydrogen-bond acceptors (Lipinski definition) is 5. The SMILES string of the molecule is COCC1(CN=C2C[C@H]2c2ccccc2)CCN(CC2(C(=O)OCc3ccccc3)CCC2)CC1. The van der Waals surface area contributed by atoms with Crippen LogP contribution in [0.4, 0.5) is 0 Å². The molecule has 0 unspecified atom stereocenters. The van der Waals surface area contributed by atoms with Gasteiger partial charge in [-0.3, -0.25) is 9.79 Å². The van der Waals surface area contributed by atoms with Crippen LogP contribution in [0.15, 0.2) is 65.7 Å². The van der Waals surface area contributed by atoms with Gasteiger partial charge in [0, 0.05) is 37.2 Å². The standard InChI is InChI=1S/C30H38N2O3/c1-34-23-29(21-31-27-19-26(27)25-11-6-3-7-12-25)15-17-32(18-16-29)22-30(13-8-14-30)28(33)35-20-24-9-4-2-5-10-24/h2-7,9-12,26H,8,13-23H2,1H3/t26-/m0/s1. The maximum atomic E-state index is 13.1. The van der Waals surface area contributed by atoms with E-state index >= 15 is 0 Å². The van der Waals surface area contributed by atoms with Crippen molar-refractivity contribution in [3.8, 4) is 0 Å². The number of likely N-dealkylation sites (tertiary alicyclic amines) is 1. The highest BCUT2D eigenvalue weighted by Gasteiger charge is 2.48. The van der Waals surface area contributed by atoms with Crippen molar-refractivity contribution in [1.82, 2.24) is 4.90 Å². The Kier molecular flexibility index (Phi) is 7.35. The third-order valence-electron chi connectivity index (χ3n) is 8.32. The van der Waals surface area contributed by atoms with Gasteiger partial charge in [-0.25, -0.2) is 0 Å². The molecule has 5 nitrogen and oxygen atoms in total. The second-order valence-electron chi connectivity index (χ2n) is 10.9. The van der Waals surface area contributed by atoms with Gasteiger partial charge in [0.15, 0.2) is 0 Å². The number of ether oxygens (including phenoxy) is 2. The van der Waals surface area contributed by atoms with E-state index < -0.39 is 0 Å². The average Bonchev–Trinajstić information content (AvgIpc) is 3.66. The molecule has 1 saturated heterocycles. The molecule has 5 heteroatoms. The van der Waals surface area contributed by atoms with Crippen LogP contribution in [-0.2, 0) is 20.9 Å². The molecule has 3 aliphatic rings. The first-order chi connectivity index (χ1) is 17.1. The number of carbonyl (C=O) groups excluding carboxylic acids is 1. The fourth-order valence-electron chi connectivity index (χ4n) is 5.76. The Balaban J connectivity index is 1.14. The minimum absolute atomic E-state index is 0.0200. The Bertz CT molecular complexity index is 1010.